The lowest BCUT2D eigenvalue weighted by molar-refractivity contribution is 0.669. The first-order chi connectivity index (χ1) is 27.8. The fourth-order valence-electron chi connectivity index (χ4n) is 8.90. The highest BCUT2D eigenvalue weighted by Gasteiger charge is 2.46. The van der Waals surface area contributed by atoms with Crippen molar-refractivity contribution in [1.82, 2.24) is 15.0 Å². The molecule has 262 valence electrons. The van der Waals surface area contributed by atoms with Gasteiger partial charge in [-0.1, -0.05) is 164 Å². The minimum Gasteiger partial charge on any atom is -0.455 e. The van der Waals surface area contributed by atoms with Gasteiger partial charge in [-0.15, -0.1) is 0 Å². The van der Waals surface area contributed by atoms with Crippen LogP contribution in [0, 0.1) is 0 Å². The topological polar surface area (TPSA) is 51.8 Å². The van der Waals surface area contributed by atoms with Crippen molar-refractivity contribution in [2.24, 2.45) is 0 Å². The lowest BCUT2D eigenvalue weighted by Gasteiger charge is -2.34. The molecule has 0 unspecified atom stereocenters. The maximum Gasteiger partial charge on any atom is 0.167 e. The van der Waals surface area contributed by atoms with E-state index in [0.29, 0.717) is 11.6 Å². The van der Waals surface area contributed by atoms with Gasteiger partial charge in [0.15, 0.2) is 11.6 Å². The van der Waals surface area contributed by atoms with Gasteiger partial charge in [0.05, 0.1) is 11.0 Å². The molecular formula is C52H33N3O. The first-order valence-electron chi connectivity index (χ1n) is 18.9. The number of hydrogen-bond donors (Lipinski definition) is 0. The Balaban J connectivity index is 1.12. The highest BCUT2D eigenvalue weighted by molar-refractivity contribution is 6.09. The summed E-state index contributed by atoms with van der Waals surface area (Å²) in [6, 6.07) is 69.2. The lowest BCUT2D eigenvalue weighted by Crippen LogP contribution is -2.28. The van der Waals surface area contributed by atoms with E-state index in [1.54, 1.807) is 6.33 Å². The fraction of sp³-hybridized carbons (Fsp3) is 0.0192. The first kappa shape index (κ1) is 32.0. The van der Waals surface area contributed by atoms with Crippen LogP contribution >= 0.6 is 0 Å². The van der Waals surface area contributed by atoms with E-state index in [4.69, 9.17) is 14.4 Å². The van der Waals surface area contributed by atoms with E-state index >= 15 is 0 Å². The van der Waals surface area contributed by atoms with E-state index in [9.17, 15) is 0 Å². The summed E-state index contributed by atoms with van der Waals surface area (Å²) in [4.78, 5) is 14.4. The van der Waals surface area contributed by atoms with Crippen LogP contribution in [0.25, 0.3) is 78.1 Å². The summed E-state index contributed by atoms with van der Waals surface area (Å²) < 4.78 is 6.36. The molecule has 0 amide bonds. The summed E-state index contributed by atoms with van der Waals surface area (Å²) in [5.74, 6) is 1.17. The van der Waals surface area contributed by atoms with Crippen LogP contribution in [0.3, 0.4) is 0 Å². The van der Waals surface area contributed by atoms with Gasteiger partial charge >= 0.3 is 0 Å². The van der Waals surface area contributed by atoms with Crippen LogP contribution in [0.1, 0.15) is 22.3 Å². The predicted octanol–water partition coefficient (Wildman–Crippen LogP) is 12.8. The van der Waals surface area contributed by atoms with Crippen molar-refractivity contribution in [2.75, 3.05) is 0 Å². The number of nitrogens with zero attached hydrogens (tertiary/aromatic N) is 3. The Bertz CT molecular complexity index is 3040. The van der Waals surface area contributed by atoms with Gasteiger partial charge in [0, 0.05) is 16.3 Å². The van der Waals surface area contributed by atoms with Crippen LogP contribution in [0.2, 0.25) is 0 Å². The normalized spacial score (nSPS) is 12.8. The average molecular weight is 716 g/mol. The SMILES string of the molecule is c1ccc(-c2cc3c(cc2-c2cccc(-c4ncnc(-c5cccc6c5oc5ccccc56)n4)c2)C(c2ccccc2)(c2ccccc2)c2ccccc2-3)cc1. The number of rotatable bonds is 6. The van der Waals surface area contributed by atoms with E-state index in [2.05, 4.69) is 169 Å². The number of furan rings is 1. The fourth-order valence-corrected chi connectivity index (χ4v) is 8.90. The molecule has 0 spiro atoms. The molecule has 0 fully saturated rings. The number of aromatic nitrogens is 3. The molecule has 10 aromatic rings. The van der Waals surface area contributed by atoms with Gasteiger partial charge in [0.25, 0.3) is 0 Å². The van der Waals surface area contributed by atoms with Gasteiger partial charge in [-0.2, -0.15) is 0 Å². The maximum atomic E-state index is 6.36. The van der Waals surface area contributed by atoms with E-state index in [-0.39, 0.29) is 0 Å². The van der Waals surface area contributed by atoms with Crippen LogP contribution < -0.4 is 0 Å². The van der Waals surface area contributed by atoms with Gasteiger partial charge < -0.3 is 4.42 Å². The average Bonchev–Trinajstić information content (AvgIpc) is 3.81. The summed E-state index contributed by atoms with van der Waals surface area (Å²) in [7, 11) is 0. The van der Waals surface area contributed by atoms with Crippen molar-refractivity contribution in [1.29, 1.82) is 0 Å². The maximum absolute atomic E-state index is 6.36. The van der Waals surface area contributed by atoms with Crippen LogP contribution in [-0.4, -0.2) is 15.0 Å². The van der Waals surface area contributed by atoms with Crippen LogP contribution in [0.5, 0.6) is 0 Å². The minimum atomic E-state index is -0.517. The Morgan fingerprint density at radius 2 is 0.964 bits per heavy atom. The Labute approximate surface area is 324 Å². The minimum absolute atomic E-state index is 0.517. The highest BCUT2D eigenvalue weighted by atomic mass is 16.3. The Morgan fingerprint density at radius 1 is 0.375 bits per heavy atom. The smallest absolute Gasteiger partial charge is 0.167 e. The van der Waals surface area contributed by atoms with Gasteiger partial charge in [0.1, 0.15) is 17.5 Å². The molecule has 2 heterocycles. The molecule has 2 aromatic heterocycles. The van der Waals surface area contributed by atoms with Gasteiger partial charge in [-0.05, 0) is 86.0 Å². The molecular weight excluding hydrogens is 683 g/mol. The number of fused-ring (bicyclic) bond motifs is 6. The summed E-state index contributed by atoms with van der Waals surface area (Å²) in [6.07, 6.45) is 1.60. The zero-order chi connectivity index (χ0) is 37.1. The molecule has 0 aliphatic heterocycles. The van der Waals surface area contributed by atoms with Crippen molar-refractivity contribution in [3.05, 3.63) is 223 Å². The third kappa shape index (κ3) is 4.89. The molecule has 0 bridgehead atoms. The second kappa shape index (κ2) is 12.9. The Morgan fingerprint density at radius 3 is 1.77 bits per heavy atom. The van der Waals surface area contributed by atoms with Crippen LogP contribution in [0.15, 0.2) is 205 Å². The monoisotopic (exact) mass is 715 g/mol. The predicted molar refractivity (Wildman–Crippen MR) is 226 cm³/mol. The van der Waals surface area contributed by atoms with Crippen molar-refractivity contribution in [2.45, 2.75) is 5.41 Å². The molecule has 0 atom stereocenters. The zero-order valence-corrected chi connectivity index (χ0v) is 30.3. The summed E-state index contributed by atoms with van der Waals surface area (Å²) in [6.45, 7) is 0. The zero-order valence-electron chi connectivity index (χ0n) is 30.3. The lowest BCUT2D eigenvalue weighted by atomic mass is 9.67. The van der Waals surface area contributed by atoms with Crippen molar-refractivity contribution in [3.8, 4) is 56.2 Å². The molecule has 56 heavy (non-hydrogen) atoms. The van der Waals surface area contributed by atoms with E-state index in [1.165, 1.54) is 38.9 Å². The number of hydrogen-bond acceptors (Lipinski definition) is 4. The number of benzene rings is 8. The van der Waals surface area contributed by atoms with E-state index < -0.39 is 5.41 Å². The highest BCUT2D eigenvalue weighted by Crippen LogP contribution is 2.58. The standard InChI is InChI=1S/C52H33N3O/c1-4-16-34(17-5-1)43-31-45-39-24-10-12-28-46(39)52(37-20-6-2-7-21-37,38-22-8-3-9-23-38)47(45)32-44(43)35-18-14-19-36(30-35)50-53-33-54-51(55-50)42-27-15-26-41-40-25-11-13-29-48(40)56-49(41)42/h1-33H. The summed E-state index contributed by atoms with van der Waals surface area (Å²) in [5, 5.41) is 2.11. The van der Waals surface area contributed by atoms with Crippen molar-refractivity contribution in [3.63, 3.8) is 0 Å². The third-order valence-electron chi connectivity index (χ3n) is 11.3. The van der Waals surface area contributed by atoms with Crippen LogP contribution in [-0.2, 0) is 5.41 Å². The third-order valence-corrected chi connectivity index (χ3v) is 11.3. The second-order valence-electron chi connectivity index (χ2n) is 14.3. The molecule has 1 aliphatic carbocycles. The molecule has 4 heteroatoms. The quantitative estimate of drug-likeness (QED) is 0.172. The van der Waals surface area contributed by atoms with Gasteiger partial charge in [0.2, 0.25) is 0 Å². The molecule has 0 saturated heterocycles. The van der Waals surface area contributed by atoms with Gasteiger partial charge in [-0.3, -0.25) is 0 Å². The number of para-hydroxylation sites is 2. The Hall–Kier alpha value is -7.43. The molecule has 4 nitrogen and oxygen atoms in total. The second-order valence-corrected chi connectivity index (χ2v) is 14.3. The molecule has 8 aromatic carbocycles. The van der Waals surface area contributed by atoms with Crippen molar-refractivity contribution >= 4 is 21.9 Å². The van der Waals surface area contributed by atoms with E-state index in [1.807, 2.05) is 30.3 Å². The van der Waals surface area contributed by atoms with Crippen LogP contribution in [0.4, 0.5) is 0 Å². The molecule has 0 N–H and O–H groups in total. The molecule has 1 aliphatic rings. The van der Waals surface area contributed by atoms with E-state index in [0.717, 1.165) is 49.8 Å². The van der Waals surface area contributed by atoms with Crippen molar-refractivity contribution < 1.29 is 4.42 Å². The summed E-state index contributed by atoms with van der Waals surface area (Å²) >= 11 is 0. The summed E-state index contributed by atoms with van der Waals surface area (Å²) in [5.41, 5.74) is 14.9. The first-order valence-corrected chi connectivity index (χ1v) is 18.9. The Kier molecular flexibility index (Phi) is 7.36. The molecule has 11 rings (SSSR count). The largest absolute Gasteiger partial charge is 0.455 e. The molecule has 0 saturated carbocycles. The molecule has 0 radical (unpaired) electrons. The van der Waals surface area contributed by atoms with Gasteiger partial charge in [-0.25, -0.2) is 15.0 Å².